The molecule has 2 amide bonds. The van der Waals surface area contributed by atoms with E-state index in [0.717, 1.165) is 16.8 Å². The van der Waals surface area contributed by atoms with Crippen molar-refractivity contribution in [3.8, 4) is 0 Å². The first-order valence-corrected chi connectivity index (χ1v) is 6.12. The van der Waals surface area contributed by atoms with Gasteiger partial charge in [-0.15, -0.1) is 0 Å². The van der Waals surface area contributed by atoms with Crippen LogP contribution in [0.1, 0.15) is 18.1 Å². The van der Waals surface area contributed by atoms with Crippen molar-refractivity contribution in [2.75, 3.05) is 18.9 Å². The minimum atomic E-state index is -1.10. The lowest BCUT2D eigenvalue weighted by molar-refractivity contribution is -0.140. The maximum absolute atomic E-state index is 11.9. The summed E-state index contributed by atoms with van der Waals surface area (Å²) in [6, 6.07) is 5.74. The van der Waals surface area contributed by atoms with Crippen LogP contribution in [0.5, 0.6) is 0 Å². The second-order valence-corrected chi connectivity index (χ2v) is 4.69. The van der Waals surface area contributed by atoms with Gasteiger partial charge >= 0.3 is 0 Å². The molecule has 1 aromatic rings. The highest BCUT2D eigenvalue weighted by Crippen LogP contribution is 2.19. The fourth-order valence-corrected chi connectivity index (χ4v) is 1.80. The Balaban J connectivity index is 2.68. The lowest BCUT2D eigenvalue weighted by atomic mass is 10.1. The Hall–Kier alpha value is -1.88. The van der Waals surface area contributed by atoms with Gasteiger partial charge in [-0.25, -0.2) is 0 Å². The van der Waals surface area contributed by atoms with Gasteiger partial charge in [-0.2, -0.15) is 0 Å². The van der Waals surface area contributed by atoms with Crippen molar-refractivity contribution in [2.24, 2.45) is 0 Å². The first-order valence-electron chi connectivity index (χ1n) is 6.12. The van der Waals surface area contributed by atoms with Gasteiger partial charge in [0.05, 0.1) is 6.54 Å². The molecule has 5 heteroatoms. The van der Waals surface area contributed by atoms with Gasteiger partial charge in [0.25, 0.3) is 5.91 Å². The zero-order chi connectivity index (χ0) is 14.6. The molecular weight excluding hydrogens is 244 g/mol. The van der Waals surface area contributed by atoms with E-state index in [0.29, 0.717) is 0 Å². The molecule has 5 nitrogen and oxygen atoms in total. The standard InChI is InChI=1S/C14H20N2O3/c1-9-6-5-7-10(2)13(9)15-12(18)8-16(4)14(19)11(3)17/h5-7,11,17H,8H2,1-4H3,(H,15,18). The highest BCUT2D eigenvalue weighted by Gasteiger charge is 2.17. The smallest absolute Gasteiger partial charge is 0.251 e. The van der Waals surface area contributed by atoms with Crippen molar-refractivity contribution < 1.29 is 14.7 Å². The summed E-state index contributed by atoms with van der Waals surface area (Å²) >= 11 is 0. The Bertz CT molecular complexity index is 463. The Morgan fingerprint density at radius 3 is 2.32 bits per heavy atom. The number of benzene rings is 1. The van der Waals surface area contributed by atoms with E-state index in [4.69, 9.17) is 5.11 Å². The van der Waals surface area contributed by atoms with Crippen molar-refractivity contribution in [2.45, 2.75) is 26.9 Å². The quantitative estimate of drug-likeness (QED) is 0.855. The van der Waals surface area contributed by atoms with Crippen LogP contribution in [0, 0.1) is 13.8 Å². The number of carbonyl (C=O) groups excluding carboxylic acids is 2. The zero-order valence-corrected chi connectivity index (χ0v) is 11.7. The van der Waals surface area contributed by atoms with Crippen LogP contribution in [0.25, 0.3) is 0 Å². The molecule has 0 saturated heterocycles. The molecule has 0 saturated carbocycles. The minimum Gasteiger partial charge on any atom is -0.384 e. The van der Waals surface area contributed by atoms with Gasteiger partial charge in [-0.05, 0) is 31.9 Å². The van der Waals surface area contributed by atoms with Gasteiger partial charge in [0.2, 0.25) is 5.91 Å². The van der Waals surface area contributed by atoms with Crippen molar-refractivity contribution in [3.05, 3.63) is 29.3 Å². The van der Waals surface area contributed by atoms with Crippen molar-refractivity contribution in [3.63, 3.8) is 0 Å². The molecule has 0 aromatic heterocycles. The zero-order valence-electron chi connectivity index (χ0n) is 11.7. The second-order valence-electron chi connectivity index (χ2n) is 4.69. The number of para-hydroxylation sites is 1. The largest absolute Gasteiger partial charge is 0.384 e. The molecule has 0 bridgehead atoms. The van der Waals surface area contributed by atoms with Gasteiger partial charge in [-0.3, -0.25) is 9.59 Å². The number of nitrogens with zero attached hydrogens (tertiary/aromatic N) is 1. The third-order valence-corrected chi connectivity index (χ3v) is 2.86. The summed E-state index contributed by atoms with van der Waals surface area (Å²) in [5.74, 6) is -0.759. The van der Waals surface area contributed by atoms with Crippen LogP contribution in [0.15, 0.2) is 18.2 Å². The monoisotopic (exact) mass is 264 g/mol. The number of carbonyl (C=O) groups is 2. The molecule has 0 aliphatic heterocycles. The summed E-state index contributed by atoms with van der Waals surface area (Å²) in [5.41, 5.74) is 2.71. The molecule has 0 aliphatic carbocycles. The lowest BCUT2D eigenvalue weighted by Crippen LogP contribution is -2.39. The van der Waals surface area contributed by atoms with Crippen molar-refractivity contribution in [1.29, 1.82) is 0 Å². The average Bonchev–Trinajstić information content (AvgIpc) is 2.32. The SMILES string of the molecule is Cc1cccc(C)c1NC(=O)CN(C)C(=O)C(C)O. The lowest BCUT2D eigenvalue weighted by Gasteiger charge is -2.19. The topological polar surface area (TPSA) is 69.6 Å². The predicted octanol–water partition coefficient (Wildman–Crippen LogP) is 1.08. The maximum Gasteiger partial charge on any atom is 0.251 e. The van der Waals surface area contributed by atoms with E-state index in [2.05, 4.69) is 5.32 Å². The van der Waals surface area contributed by atoms with Crippen LogP contribution < -0.4 is 5.32 Å². The number of aryl methyl sites for hydroxylation is 2. The third kappa shape index (κ3) is 4.06. The normalized spacial score (nSPS) is 11.8. The number of rotatable bonds is 4. The fourth-order valence-electron chi connectivity index (χ4n) is 1.80. The van der Waals surface area contributed by atoms with Crippen LogP contribution in [-0.2, 0) is 9.59 Å². The van der Waals surface area contributed by atoms with Crippen molar-refractivity contribution >= 4 is 17.5 Å². The van der Waals surface area contributed by atoms with Crippen LogP contribution in [0.4, 0.5) is 5.69 Å². The van der Waals surface area contributed by atoms with E-state index in [1.165, 1.54) is 18.9 Å². The number of aliphatic hydroxyl groups excluding tert-OH is 1. The predicted molar refractivity (Wildman–Crippen MR) is 73.9 cm³/mol. The number of aliphatic hydroxyl groups is 1. The molecule has 2 N–H and O–H groups in total. The molecule has 1 unspecified atom stereocenters. The van der Waals surface area contributed by atoms with Crippen molar-refractivity contribution in [1.82, 2.24) is 4.90 Å². The molecular formula is C14H20N2O3. The van der Waals surface area contributed by atoms with Gasteiger partial charge in [0.1, 0.15) is 6.10 Å². The van der Waals surface area contributed by atoms with Gasteiger partial charge in [0.15, 0.2) is 0 Å². The van der Waals surface area contributed by atoms with E-state index >= 15 is 0 Å². The molecule has 1 aromatic carbocycles. The maximum atomic E-state index is 11.9. The molecule has 0 aliphatic rings. The average molecular weight is 264 g/mol. The molecule has 1 rings (SSSR count). The molecule has 19 heavy (non-hydrogen) atoms. The number of nitrogens with one attached hydrogen (secondary N) is 1. The van der Waals surface area contributed by atoms with Gasteiger partial charge in [0, 0.05) is 12.7 Å². The second kappa shape index (κ2) is 6.33. The van der Waals surface area contributed by atoms with E-state index in [1.807, 2.05) is 32.0 Å². The first-order chi connectivity index (χ1) is 8.82. The van der Waals surface area contributed by atoms with Crippen LogP contribution in [0.2, 0.25) is 0 Å². The Morgan fingerprint density at radius 1 is 1.32 bits per heavy atom. The number of likely N-dealkylation sites (N-methyl/N-ethyl adjacent to an activating group) is 1. The number of hydrogen-bond acceptors (Lipinski definition) is 3. The third-order valence-electron chi connectivity index (χ3n) is 2.86. The molecule has 0 heterocycles. The number of anilines is 1. The Labute approximate surface area is 113 Å². The van der Waals surface area contributed by atoms with Crippen LogP contribution >= 0.6 is 0 Å². The van der Waals surface area contributed by atoms with Crippen LogP contribution in [0.3, 0.4) is 0 Å². The summed E-state index contributed by atoms with van der Waals surface area (Å²) in [6.45, 7) is 5.11. The van der Waals surface area contributed by atoms with E-state index in [9.17, 15) is 9.59 Å². The minimum absolute atomic E-state index is 0.0858. The number of amides is 2. The Morgan fingerprint density at radius 2 is 1.84 bits per heavy atom. The summed E-state index contributed by atoms with van der Waals surface area (Å²) in [5, 5.41) is 11.9. The molecule has 0 spiro atoms. The summed E-state index contributed by atoms with van der Waals surface area (Å²) in [4.78, 5) is 24.5. The summed E-state index contributed by atoms with van der Waals surface area (Å²) in [6.07, 6.45) is -1.10. The van der Waals surface area contributed by atoms with E-state index in [1.54, 1.807) is 0 Å². The highest BCUT2D eigenvalue weighted by molar-refractivity contribution is 5.96. The molecule has 0 radical (unpaired) electrons. The first kappa shape index (κ1) is 15.2. The van der Waals surface area contributed by atoms with Gasteiger partial charge < -0.3 is 15.3 Å². The summed E-state index contributed by atoms with van der Waals surface area (Å²) < 4.78 is 0. The fraction of sp³-hybridized carbons (Fsp3) is 0.429. The highest BCUT2D eigenvalue weighted by atomic mass is 16.3. The number of hydrogen-bond donors (Lipinski definition) is 2. The molecule has 1 atom stereocenters. The Kier molecular flexibility index (Phi) is 5.06. The van der Waals surface area contributed by atoms with E-state index in [-0.39, 0.29) is 12.5 Å². The molecule has 0 fully saturated rings. The van der Waals surface area contributed by atoms with E-state index < -0.39 is 12.0 Å². The van der Waals surface area contributed by atoms with Gasteiger partial charge in [-0.1, -0.05) is 18.2 Å². The molecule has 104 valence electrons. The summed E-state index contributed by atoms with van der Waals surface area (Å²) in [7, 11) is 1.49. The van der Waals surface area contributed by atoms with Crippen LogP contribution in [-0.4, -0.2) is 41.5 Å².